The molecule has 27 heavy (non-hydrogen) atoms. The molecule has 0 aliphatic carbocycles. The molecule has 0 spiro atoms. The first-order valence-electron chi connectivity index (χ1n) is 8.11. The predicted molar refractivity (Wildman–Crippen MR) is 109 cm³/mol. The number of halogens is 1. The molecule has 7 heteroatoms. The molecule has 0 unspecified atom stereocenters. The number of ketones is 1. The first-order chi connectivity index (χ1) is 12.8. The van der Waals surface area contributed by atoms with Gasteiger partial charge < -0.3 is 24.8 Å². The minimum atomic E-state index is -0.398. The molecule has 0 aromatic heterocycles. The van der Waals surface area contributed by atoms with E-state index in [1.54, 1.807) is 24.3 Å². The number of rotatable bonds is 7. The van der Waals surface area contributed by atoms with Crippen molar-refractivity contribution < 1.29 is 19.0 Å². The van der Waals surface area contributed by atoms with E-state index in [4.69, 9.17) is 31.5 Å². The lowest BCUT2D eigenvalue weighted by molar-refractivity contribution is 0.103. The Kier molecular flexibility index (Phi) is 6.58. The van der Waals surface area contributed by atoms with Gasteiger partial charge in [0.15, 0.2) is 11.5 Å². The third-order valence-electron chi connectivity index (χ3n) is 3.99. The van der Waals surface area contributed by atoms with E-state index in [0.717, 1.165) is 11.3 Å². The van der Waals surface area contributed by atoms with Crippen LogP contribution in [0.5, 0.6) is 17.2 Å². The number of Topliss-reactive ketones (excluding diaryl/α,β-unsaturated/α-hetero) is 1. The van der Waals surface area contributed by atoms with Crippen molar-refractivity contribution in [2.45, 2.75) is 0 Å². The standard InChI is InChI=1S/C20H23ClN2O4/c1-23(2)16-8-6-12(11-15(16)22)10-14(21)18(24)13-7-9-17(25-3)20(27-5)19(13)26-4/h6-11H,22H2,1-5H3. The largest absolute Gasteiger partial charge is 0.493 e. The zero-order valence-electron chi connectivity index (χ0n) is 16.0. The van der Waals surface area contributed by atoms with Crippen molar-refractivity contribution in [3.05, 3.63) is 46.5 Å². The van der Waals surface area contributed by atoms with E-state index < -0.39 is 5.78 Å². The molecule has 0 bridgehead atoms. The molecule has 144 valence electrons. The Bertz CT molecular complexity index is 879. The summed E-state index contributed by atoms with van der Waals surface area (Å²) in [6, 6.07) is 8.68. The molecule has 0 fully saturated rings. The monoisotopic (exact) mass is 390 g/mol. The molecule has 0 atom stereocenters. The minimum Gasteiger partial charge on any atom is -0.493 e. The number of benzene rings is 2. The van der Waals surface area contributed by atoms with Gasteiger partial charge in [0.2, 0.25) is 11.5 Å². The lowest BCUT2D eigenvalue weighted by atomic mass is 10.1. The van der Waals surface area contributed by atoms with Gasteiger partial charge in [0.1, 0.15) is 0 Å². The fraction of sp³-hybridized carbons (Fsp3) is 0.250. The number of carbonyl (C=O) groups is 1. The molecule has 0 amide bonds. The maximum Gasteiger partial charge on any atom is 0.208 e. The van der Waals surface area contributed by atoms with Crippen LogP contribution in [0.4, 0.5) is 11.4 Å². The quantitative estimate of drug-likeness (QED) is 0.440. The van der Waals surface area contributed by atoms with Gasteiger partial charge in [0.25, 0.3) is 0 Å². The third-order valence-corrected chi connectivity index (χ3v) is 4.27. The summed E-state index contributed by atoms with van der Waals surface area (Å²) >= 11 is 6.29. The second kappa shape index (κ2) is 8.68. The summed E-state index contributed by atoms with van der Waals surface area (Å²) in [5.74, 6) is 0.647. The minimum absolute atomic E-state index is 0.0255. The van der Waals surface area contributed by atoms with Crippen molar-refractivity contribution in [2.75, 3.05) is 46.1 Å². The normalized spacial score (nSPS) is 11.1. The highest BCUT2D eigenvalue weighted by molar-refractivity contribution is 6.47. The molecule has 2 N–H and O–H groups in total. The maximum atomic E-state index is 12.8. The Hall–Kier alpha value is -2.86. The molecular formula is C20H23ClN2O4. The van der Waals surface area contributed by atoms with Gasteiger partial charge in [0, 0.05) is 14.1 Å². The number of allylic oxidation sites excluding steroid dienone is 1. The summed E-state index contributed by atoms with van der Waals surface area (Å²) in [5, 5.41) is 0.0255. The summed E-state index contributed by atoms with van der Waals surface area (Å²) in [6.07, 6.45) is 1.57. The van der Waals surface area contributed by atoms with Crippen LogP contribution in [0.2, 0.25) is 0 Å². The number of nitrogens with zero attached hydrogens (tertiary/aromatic N) is 1. The molecule has 0 heterocycles. The molecule has 2 rings (SSSR count). The SMILES string of the molecule is COc1ccc(C(=O)C(Cl)=Cc2ccc(N(C)C)c(N)c2)c(OC)c1OC. The fourth-order valence-electron chi connectivity index (χ4n) is 2.69. The van der Waals surface area contributed by atoms with Crippen molar-refractivity contribution in [1.29, 1.82) is 0 Å². The van der Waals surface area contributed by atoms with Crippen LogP contribution in [-0.4, -0.2) is 41.2 Å². The van der Waals surface area contributed by atoms with E-state index in [-0.39, 0.29) is 16.3 Å². The number of anilines is 2. The Morgan fingerprint density at radius 3 is 2.22 bits per heavy atom. The molecule has 0 aliphatic heterocycles. The second-order valence-electron chi connectivity index (χ2n) is 5.92. The summed E-state index contributed by atoms with van der Waals surface area (Å²) in [5.41, 5.74) is 8.52. The van der Waals surface area contributed by atoms with E-state index in [9.17, 15) is 4.79 Å². The number of ether oxygens (including phenoxy) is 3. The maximum absolute atomic E-state index is 12.8. The number of nitrogen functional groups attached to an aromatic ring is 1. The Morgan fingerprint density at radius 1 is 1.04 bits per heavy atom. The molecule has 0 aliphatic rings. The highest BCUT2D eigenvalue weighted by Gasteiger charge is 2.22. The highest BCUT2D eigenvalue weighted by atomic mass is 35.5. The van der Waals surface area contributed by atoms with Crippen LogP contribution < -0.4 is 24.8 Å². The molecule has 6 nitrogen and oxygen atoms in total. The third kappa shape index (κ3) is 4.28. The van der Waals surface area contributed by atoms with Crippen molar-refractivity contribution in [1.82, 2.24) is 0 Å². The number of hydrogen-bond acceptors (Lipinski definition) is 6. The lowest BCUT2D eigenvalue weighted by Crippen LogP contribution is -2.11. The zero-order valence-corrected chi connectivity index (χ0v) is 16.8. The van der Waals surface area contributed by atoms with E-state index in [2.05, 4.69) is 0 Å². The average molecular weight is 391 g/mol. The van der Waals surface area contributed by atoms with Gasteiger partial charge in [-0.05, 0) is 35.9 Å². The zero-order chi connectivity index (χ0) is 20.1. The molecule has 0 saturated heterocycles. The Balaban J connectivity index is 2.43. The molecule has 0 saturated carbocycles. The first kappa shape index (κ1) is 20.5. The van der Waals surface area contributed by atoms with Crippen LogP contribution in [0.25, 0.3) is 6.08 Å². The highest BCUT2D eigenvalue weighted by Crippen LogP contribution is 2.41. The topological polar surface area (TPSA) is 74.0 Å². The van der Waals surface area contributed by atoms with Crippen LogP contribution in [0.1, 0.15) is 15.9 Å². The molecule has 2 aromatic rings. The molecular weight excluding hydrogens is 368 g/mol. The summed E-state index contributed by atoms with van der Waals surface area (Å²) in [6.45, 7) is 0. The van der Waals surface area contributed by atoms with Crippen molar-refractivity contribution in [3.8, 4) is 17.2 Å². The van der Waals surface area contributed by atoms with Gasteiger partial charge in [-0.3, -0.25) is 4.79 Å². The fourth-order valence-corrected chi connectivity index (χ4v) is 2.92. The van der Waals surface area contributed by atoms with E-state index in [1.165, 1.54) is 21.3 Å². The van der Waals surface area contributed by atoms with Gasteiger partial charge in [-0.15, -0.1) is 0 Å². The summed E-state index contributed by atoms with van der Waals surface area (Å²) in [4.78, 5) is 14.7. The Morgan fingerprint density at radius 2 is 1.70 bits per heavy atom. The molecule has 2 aromatic carbocycles. The first-order valence-corrected chi connectivity index (χ1v) is 8.49. The average Bonchev–Trinajstić information content (AvgIpc) is 2.65. The van der Waals surface area contributed by atoms with Gasteiger partial charge in [0.05, 0.1) is 43.3 Å². The van der Waals surface area contributed by atoms with Gasteiger partial charge >= 0.3 is 0 Å². The lowest BCUT2D eigenvalue weighted by Gasteiger charge is -2.16. The van der Waals surface area contributed by atoms with Gasteiger partial charge in [-0.1, -0.05) is 17.7 Å². The Labute approximate surface area is 164 Å². The predicted octanol–water partition coefficient (Wildman–Crippen LogP) is 3.82. The van der Waals surface area contributed by atoms with Crippen LogP contribution in [-0.2, 0) is 0 Å². The van der Waals surface area contributed by atoms with E-state index >= 15 is 0 Å². The number of nitrogens with two attached hydrogens (primary N) is 1. The number of hydrogen-bond donors (Lipinski definition) is 1. The van der Waals surface area contributed by atoms with Crippen LogP contribution in [0, 0.1) is 0 Å². The number of methoxy groups -OCH3 is 3. The summed E-state index contributed by atoms with van der Waals surface area (Å²) < 4.78 is 15.9. The van der Waals surface area contributed by atoms with Crippen molar-refractivity contribution in [2.24, 2.45) is 0 Å². The number of carbonyl (C=O) groups excluding carboxylic acids is 1. The van der Waals surface area contributed by atoms with Gasteiger partial charge in [-0.2, -0.15) is 0 Å². The van der Waals surface area contributed by atoms with Crippen LogP contribution in [0.15, 0.2) is 35.4 Å². The van der Waals surface area contributed by atoms with Crippen LogP contribution >= 0.6 is 11.6 Å². The van der Waals surface area contributed by atoms with E-state index in [1.807, 2.05) is 31.1 Å². The second-order valence-corrected chi connectivity index (χ2v) is 6.32. The molecule has 0 radical (unpaired) electrons. The van der Waals surface area contributed by atoms with Gasteiger partial charge in [-0.25, -0.2) is 0 Å². The van der Waals surface area contributed by atoms with Crippen molar-refractivity contribution in [3.63, 3.8) is 0 Å². The summed E-state index contributed by atoms with van der Waals surface area (Å²) in [7, 11) is 8.24. The smallest absolute Gasteiger partial charge is 0.208 e. The van der Waals surface area contributed by atoms with E-state index in [0.29, 0.717) is 17.2 Å². The van der Waals surface area contributed by atoms with Crippen LogP contribution in [0.3, 0.4) is 0 Å². The van der Waals surface area contributed by atoms with Crippen molar-refractivity contribution >= 4 is 34.8 Å².